The van der Waals surface area contributed by atoms with Gasteiger partial charge in [0, 0.05) is 17.0 Å². The minimum absolute atomic E-state index is 0.0735. The maximum absolute atomic E-state index is 12.3. The normalized spacial score (nSPS) is 17.6. The zero-order chi connectivity index (χ0) is 13.1. The molecule has 0 atom stereocenters. The van der Waals surface area contributed by atoms with Crippen LogP contribution in [0.4, 0.5) is 0 Å². The summed E-state index contributed by atoms with van der Waals surface area (Å²) in [6.45, 7) is 1.90. The smallest absolute Gasteiger partial charge is 0.248 e. The van der Waals surface area contributed by atoms with Gasteiger partial charge < -0.3 is 10.6 Å². The Morgan fingerprint density at radius 2 is 1.83 bits per heavy atom. The quantitative estimate of drug-likeness (QED) is 0.818. The molecule has 0 unspecified atom stereocenters. The number of nitrogens with two attached hydrogens (primary N) is 1. The third-order valence-electron chi connectivity index (χ3n) is 3.52. The van der Waals surface area contributed by atoms with Gasteiger partial charge in [-0.3, -0.25) is 9.59 Å². The Morgan fingerprint density at radius 3 is 2.44 bits per heavy atom. The number of likely N-dealkylation sites (tertiary alicyclic amines) is 1. The van der Waals surface area contributed by atoms with Gasteiger partial charge in [0.1, 0.15) is 0 Å². The number of rotatable bonds is 3. The third-order valence-corrected chi connectivity index (χ3v) is 3.52. The zero-order valence-electron chi connectivity index (χ0n) is 10.6. The summed E-state index contributed by atoms with van der Waals surface area (Å²) in [5.74, 6) is -0.288. The summed E-state index contributed by atoms with van der Waals surface area (Å²) in [7, 11) is 2.06. The molecule has 0 radical (unpaired) electrons. The first-order valence-electron chi connectivity index (χ1n) is 6.20. The summed E-state index contributed by atoms with van der Waals surface area (Å²) in [5, 5.41) is 0. The number of Topliss-reactive ketones (excluding diaryl/α,β-unsaturated/α-hetero) is 1. The Morgan fingerprint density at radius 1 is 1.22 bits per heavy atom. The Hall–Kier alpha value is -1.68. The Balaban J connectivity index is 2.13. The predicted octanol–water partition coefficient (Wildman–Crippen LogP) is 1.31. The van der Waals surface area contributed by atoms with E-state index < -0.39 is 5.91 Å². The SMILES string of the molecule is CN1CCC(C(=O)c2cccc(C(N)=O)c2)CC1. The number of piperidine rings is 1. The van der Waals surface area contributed by atoms with E-state index in [0.29, 0.717) is 11.1 Å². The molecule has 4 nitrogen and oxygen atoms in total. The molecule has 1 saturated heterocycles. The van der Waals surface area contributed by atoms with Crippen molar-refractivity contribution in [2.45, 2.75) is 12.8 Å². The molecule has 0 aromatic heterocycles. The van der Waals surface area contributed by atoms with Crippen LogP contribution in [0, 0.1) is 5.92 Å². The van der Waals surface area contributed by atoms with E-state index in [1.54, 1.807) is 24.3 Å². The summed E-state index contributed by atoms with van der Waals surface area (Å²) >= 11 is 0. The number of hydrogen-bond acceptors (Lipinski definition) is 3. The van der Waals surface area contributed by atoms with Crippen LogP contribution >= 0.6 is 0 Å². The maximum Gasteiger partial charge on any atom is 0.248 e. The van der Waals surface area contributed by atoms with E-state index in [2.05, 4.69) is 11.9 Å². The van der Waals surface area contributed by atoms with Crippen molar-refractivity contribution in [3.8, 4) is 0 Å². The van der Waals surface area contributed by atoms with Crippen LogP contribution in [0.1, 0.15) is 33.6 Å². The third kappa shape index (κ3) is 2.76. The average molecular weight is 246 g/mol. The van der Waals surface area contributed by atoms with Crippen LogP contribution in [0.5, 0.6) is 0 Å². The van der Waals surface area contributed by atoms with Gasteiger partial charge in [-0.05, 0) is 45.1 Å². The Labute approximate surface area is 107 Å². The summed E-state index contributed by atoms with van der Waals surface area (Å²) in [5.41, 5.74) is 6.22. The lowest BCUT2D eigenvalue weighted by Gasteiger charge is -2.28. The first-order chi connectivity index (χ1) is 8.58. The molecular weight excluding hydrogens is 228 g/mol. The van der Waals surface area contributed by atoms with Crippen molar-refractivity contribution in [3.63, 3.8) is 0 Å². The van der Waals surface area contributed by atoms with Crippen LogP contribution in [0.3, 0.4) is 0 Å². The lowest BCUT2D eigenvalue weighted by molar-refractivity contribution is 0.0857. The first-order valence-corrected chi connectivity index (χ1v) is 6.20. The van der Waals surface area contributed by atoms with Crippen LogP contribution in [0.15, 0.2) is 24.3 Å². The van der Waals surface area contributed by atoms with Crippen molar-refractivity contribution in [3.05, 3.63) is 35.4 Å². The Bertz CT molecular complexity index is 463. The number of carbonyl (C=O) groups excluding carboxylic acids is 2. The van der Waals surface area contributed by atoms with Gasteiger partial charge in [0.25, 0.3) is 0 Å². The van der Waals surface area contributed by atoms with E-state index in [1.807, 2.05) is 0 Å². The summed E-state index contributed by atoms with van der Waals surface area (Å²) in [6, 6.07) is 6.70. The summed E-state index contributed by atoms with van der Waals surface area (Å²) in [6.07, 6.45) is 1.77. The van der Waals surface area contributed by atoms with Crippen molar-refractivity contribution in [2.24, 2.45) is 11.7 Å². The molecule has 1 aromatic rings. The highest BCUT2D eigenvalue weighted by atomic mass is 16.1. The number of benzene rings is 1. The molecule has 0 bridgehead atoms. The molecule has 0 aliphatic carbocycles. The molecular formula is C14H18N2O2. The van der Waals surface area contributed by atoms with Crippen molar-refractivity contribution >= 4 is 11.7 Å². The van der Waals surface area contributed by atoms with Crippen LogP contribution in [-0.4, -0.2) is 36.7 Å². The highest BCUT2D eigenvalue weighted by Gasteiger charge is 2.24. The second-order valence-electron chi connectivity index (χ2n) is 4.89. The second-order valence-corrected chi connectivity index (χ2v) is 4.89. The molecule has 18 heavy (non-hydrogen) atoms. The summed E-state index contributed by atoms with van der Waals surface area (Å²) in [4.78, 5) is 25.6. The van der Waals surface area contributed by atoms with Crippen LogP contribution in [-0.2, 0) is 0 Å². The molecule has 2 rings (SSSR count). The van der Waals surface area contributed by atoms with E-state index in [0.717, 1.165) is 25.9 Å². The first kappa shape index (κ1) is 12.8. The number of carbonyl (C=O) groups is 2. The largest absolute Gasteiger partial charge is 0.366 e. The molecule has 2 N–H and O–H groups in total. The van der Waals surface area contributed by atoms with Crippen LogP contribution < -0.4 is 5.73 Å². The average Bonchev–Trinajstić information content (AvgIpc) is 2.39. The van der Waals surface area contributed by atoms with Crippen molar-refractivity contribution in [2.75, 3.05) is 20.1 Å². The van der Waals surface area contributed by atoms with Gasteiger partial charge in [0.05, 0.1) is 0 Å². The van der Waals surface area contributed by atoms with Gasteiger partial charge in [0.15, 0.2) is 5.78 Å². The minimum atomic E-state index is -0.493. The molecule has 1 aliphatic rings. The van der Waals surface area contributed by atoms with E-state index in [9.17, 15) is 9.59 Å². The standard InChI is InChI=1S/C14H18N2O2/c1-16-7-5-10(6-8-16)13(17)11-3-2-4-12(9-11)14(15)18/h2-4,9-10H,5-8H2,1H3,(H2,15,18). The molecule has 0 spiro atoms. The number of hydrogen-bond donors (Lipinski definition) is 1. The van der Waals surface area contributed by atoms with Gasteiger partial charge in [-0.1, -0.05) is 12.1 Å². The highest BCUT2D eigenvalue weighted by molar-refractivity contribution is 6.01. The number of ketones is 1. The van der Waals surface area contributed by atoms with Crippen LogP contribution in [0.2, 0.25) is 0 Å². The van der Waals surface area contributed by atoms with E-state index in [-0.39, 0.29) is 11.7 Å². The van der Waals surface area contributed by atoms with Gasteiger partial charge in [-0.25, -0.2) is 0 Å². The number of nitrogens with zero attached hydrogens (tertiary/aromatic N) is 1. The molecule has 1 aliphatic heterocycles. The molecule has 4 heteroatoms. The van der Waals surface area contributed by atoms with E-state index >= 15 is 0 Å². The van der Waals surface area contributed by atoms with Crippen molar-refractivity contribution in [1.82, 2.24) is 4.90 Å². The molecule has 0 saturated carbocycles. The van der Waals surface area contributed by atoms with Crippen molar-refractivity contribution in [1.29, 1.82) is 0 Å². The van der Waals surface area contributed by atoms with E-state index in [4.69, 9.17) is 5.73 Å². The molecule has 96 valence electrons. The van der Waals surface area contributed by atoms with E-state index in [1.165, 1.54) is 0 Å². The molecule has 1 aromatic carbocycles. The zero-order valence-corrected chi connectivity index (χ0v) is 10.6. The highest BCUT2D eigenvalue weighted by Crippen LogP contribution is 2.21. The maximum atomic E-state index is 12.3. The van der Waals surface area contributed by atoms with Gasteiger partial charge >= 0.3 is 0 Å². The predicted molar refractivity (Wildman–Crippen MR) is 69.5 cm³/mol. The summed E-state index contributed by atoms with van der Waals surface area (Å²) < 4.78 is 0. The fourth-order valence-corrected chi connectivity index (χ4v) is 2.33. The minimum Gasteiger partial charge on any atom is -0.366 e. The van der Waals surface area contributed by atoms with Gasteiger partial charge in [-0.15, -0.1) is 0 Å². The topological polar surface area (TPSA) is 63.4 Å². The van der Waals surface area contributed by atoms with Gasteiger partial charge in [0.2, 0.25) is 5.91 Å². The fraction of sp³-hybridized carbons (Fsp3) is 0.429. The monoisotopic (exact) mass is 246 g/mol. The molecule has 1 amide bonds. The number of amides is 1. The fourth-order valence-electron chi connectivity index (χ4n) is 2.33. The van der Waals surface area contributed by atoms with Crippen molar-refractivity contribution < 1.29 is 9.59 Å². The Kier molecular flexibility index (Phi) is 3.77. The molecule has 1 fully saturated rings. The lowest BCUT2D eigenvalue weighted by Crippen LogP contribution is -2.33. The molecule has 1 heterocycles. The van der Waals surface area contributed by atoms with Gasteiger partial charge in [-0.2, -0.15) is 0 Å². The van der Waals surface area contributed by atoms with Crippen LogP contribution in [0.25, 0.3) is 0 Å². The lowest BCUT2D eigenvalue weighted by atomic mass is 9.88. The number of primary amides is 1. The second kappa shape index (κ2) is 5.31.